The number of amides is 3. The fraction of sp³-hybridized carbons (Fsp3) is 0.235. The predicted molar refractivity (Wildman–Crippen MR) is 98.2 cm³/mol. The van der Waals surface area contributed by atoms with Crippen molar-refractivity contribution in [2.45, 2.75) is 20.0 Å². The van der Waals surface area contributed by atoms with Crippen molar-refractivity contribution < 1.29 is 23.1 Å². The third-order valence-electron chi connectivity index (χ3n) is 3.55. The summed E-state index contributed by atoms with van der Waals surface area (Å²) in [6.45, 7) is 1.92. The summed E-state index contributed by atoms with van der Waals surface area (Å²) in [7, 11) is 0. The van der Waals surface area contributed by atoms with Crippen LogP contribution in [0.25, 0.3) is 0 Å². The van der Waals surface area contributed by atoms with E-state index in [1.54, 1.807) is 6.07 Å². The number of anilines is 1. The van der Waals surface area contributed by atoms with Crippen molar-refractivity contribution in [2.75, 3.05) is 11.9 Å². The molecule has 27 heavy (non-hydrogen) atoms. The molecule has 2 rings (SSSR count). The van der Waals surface area contributed by atoms with E-state index in [1.165, 1.54) is 18.2 Å². The smallest absolute Gasteiger partial charge is 0.320 e. The van der Waals surface area contributed by atoms with Gasteiger partial charge >= 0.3 is 6.03 Å². The molecule has 4 N–H and O–H groups in total. The summed E-state index contributed by atoms with van der Waals surface area (Å²) in [5, 5.41) is 5.03. The summed E-state index contributed by atoms with van der Waals surface area (Å²) in [5.41, 5.74) is 6.14. The first-order valence-corrected chi connectivity index (χ1v) is 8.58. The number of carbonyl (C=O) groups excluding carboxylic acids is 2. The fourth-order valence-corrected chi connectivity index (χ4v) is 2.99. The van der Waals surface area contributed by atoms with Crippen molar-refractivity contribution in [1.29, 1.82) is 0 Å². The quantitative estimate of drug-likeness (QED) is 0.566. The minimum atomic E-state index is -0.859. The lowest BCUT2D eigenvalue weighted by Gasteiger charge is -2.12. The lowest BCUT2D eigenvalue weighted by atomic mass is 10.0. The van der Waals surface area contributed by atoms with Crippen molar-refractivity contribution >= 4 is 28.5 Å². The first-order valence-electron chi connectivity index (χ1n) is 7.81. The number of primary amides is 1. The second kappa shape index (κ2) is 9.62. The minimum absolute atomic E-state index is 0.101. The third-order valence-corrected chi connectivity index (χ3v) is 4.30. The maximum absolute atomic E-state index is 13.2. The molecule has 0 unspecified atom stereocenters. The van der Waals surface area contributed by atoms with Crippen LogP contribution >= 0.6 is 11.5 Å². The number of benzene rings is 1. The van der Waals surface area contributed by atoms with Crippen molar-refractivity contribution in [2.24, 2.45) is 5.73 Å². The van der Waals surface area contributed by atoms with Crippen LogP contribution in [0.15, 0.2) is 30.9 Å². The van der Waals surface area contributed by atoms with Gasteiger partial charge in [0.2, 0.25) is 5.88 Å². The molecule has 0 aliphatic heterocycles. The van der Waals surface area contributed by atoms with Gasteiger partial charge < -0.3 is 15.8 Å². The molecule has 1 aromatic heterocycles. The lowest BCUT2D eigenvalue weighted by molar-refractivity contribution is 0.0996. The van der Waals surface area contributed by atoms with Gasteiger partial charge in [0.1, 0.15) is 30.5 Å². The van der Waals surface area contributed by atoms with Crippen molar-refractivity contribution in [3.8, 4) is 5.88 Å². The molecule has 10 heteroatoms. The Kier molecular flexibility index (Phi) is 7.24. The summed E-state index contributed by atoms with van der Waals surface area (Å²) < 4.78 is 35.8. The van der Waals surface area contributed by atoms with Crippen LogP contribution in [-0.4, -0.2) is 22.9 Å². The van der Waals surface area contributed by atoms with Crippen LogP contribution in [0.4, 0.5) is 18.6 Å². The molecule has 0 saturated carbocycles. The number of nitrogens with two attached hydrogens (primary N) is 1. The molecule has 7 nitrogen and oxygen atoms in total. The highest BCUT2D eigenvalue weighted by Crippen LogP contribution is 2.31. The molecule has 144 valence electrons. The van der Waals surface area contributed by atoms with E-state index in [-0.39, 0.29) is 40.7 Å². The molecule has 0 atom stereocenters. The number of nitrogens with zero attached hydrogens (tertiary/aromatic N) is 1. The normalized spacial score (nSPS) is 10.3. The Morgan fingerprint density at radius 3 is 2.52 bits per heavy atom. The van der Waals surface area contributed by atoms with E-state index in [2.05, 4.69) is 21.6 Å². The summed E-state index contributed by atoms with van der Waals surface area (Å²) in [6.07, 6.45) is 1.49. The zero-order valence-electron chi connectivity index (χ0n) is 14.3. The topological polar surface area (TPSA) is 106 Å². The molecule has 0 fully saturated rings. The second-order valence-electron chi connectivity index (χ2n) is 5.29. The van der Waals surface area contributed by atoms with Gasteiger partial charge in [-0.2, -0.15) is 4.37 Å². The number of ether oxygens (including phenoxy) is 1. The van der Waals surface area contributed by atoms with E-state index >= 15 is 0 Å². The predicted octanol–water partition coefficient (Wildman–Crippen LogP) is 3.07. The van der Waals surface area contributed by atoms with Gasteiger partial charge in [-0.15, -0.1) is 6.58 Å². The number of hydrogen-bond acceptors (Lipinski definition) is 5. The standard InChI is InChI=1S/C17H18F2N4O3S/c1-2-6-21-17(25)22-16-13(14(20)24)15(23-27-16)26-9-12-10(7-18)4-3-5-11(12)8-19/h2-5H,1,6-9H2,(H2,20,24)(H2,21,22,25). The first kappa shape index (κ1) is 20.3. The van der Waals surface area contributed by atoms with E-state index in [0.29, 0.717) is 5.56 Å². The maximum Gasteiger partial charge on any atom is 0.320 e. The third kappa shape index (κ3) is 5.00. The van der Waals surface area contributed by atoms with Crippen LogP contribution in [0.5, 0.6) is 5.88 Å². The molecule has 3 amide bonds. The molecule has 0 aliphatic carbocycles. The number of hydrogen-bond donors (Lipinski definition) is 3. The van der Waals surface area contributed by atoms with Gasteiger partial charge in [-0.1, -0.05) is 24.3 Å². The van der Waals surface area contributed by atoms with Gasteiger partial charge in [0.25, 0.3) is 5.91 Å². The van der Waals surface area contributed by atoms with E-state index in [0.717, 1.165) is 11.5 Å². The highest BCUT2D eigenvalue weighted by molar-refractivity contribution is 7.11. The van der Waals surface area contributed by atoms with E-state index < -0.39 is 25.3 Å². The molecule has 0 bridgehead atoms. The molecule has 0 spiro atoms. The summed E-state index contributed by atoms with van der Waals surface area (Å²) in [6, 6.07) is 4.01. The van der Waals surface area contributed by atoms with Crippen LogP contribution in [0.1, 0.15) is 27.0 Å². The Morgan fingerprint density at radius 2 is 1.96 bits per heavy atom. The van der Waals surface area contributed by atoms with Gasteiger partial charge in [0, 0.05) is 12.1 Å². The van der Waals surface area contributed by atoms with Crippen LogP contribution in [0.3, 0.4) is 0 Å². The first-order chi connectivity index (χ1) is 13.0. The zero-order valence-corrected chi connectivity index (χ0v) is 15.1. The Morgan fingerprint density at radius 1 is 1.30 bits per heavy atom. The van der Waals surface area contributed by atoms with Crippen molar-refractivity contribution in [3.05, 3.63) is 53.1 Å². The number of urea groups is 1. The fourth-order valence-electron chi connectivity index (χ4n) is 2.25. The maximum atomic E-state index is 13.2. The Hall–Kier alpha value is -3.01. The van der Waals surface area contributed by atoms with E-state index in [9.17, 15) is 18.4 Å². The second-order valence-corrected chi connectivity index (χ2v) is 6.06. The van der Waals surface area contributed by atoms with Crippen LogP contribution < -0.4 is 21.1 Å². The number of rotatable bonds is 9. The molecular weight excluding hydrogens is 378 g/mol. The number of carbonyl (C=O) groups is 2. The molecule has 0 saturated heterocycles. The van der Waals surface area contributed by atoms with Gasteiger partial charge in [-0.25, -0.2) is 13.6 Å². The van der Waals surface area contributed by atoms with Gasteiger partial charge in [0.05, 0.1) is 0 Å². The number of alkyl halides is 2. The number of nitrogens with one attached hydrogen (secondary N) is 2. The number of aromatic nitrogens is 1. The highest BCUT2D eigenvalue weighted by Gasteiger charge is 2.22. The highest BCUT2D eigenvalue weighted by atomic mass is 32.1. The van der Waals surface area contributed by atoms with Gasteiger partial charge in [-0.05, 0) is 22.7 Å². The Labute approximate surface area is 158 Å². The Bertz CT molecular complexity index is 819. The van der Waals surface area contributed by atoms with Gasteiger partial charge in [0.15, 0.2) is 0 Å². The summed E-state index contributed by atoms with van der Waals surface area (Å²) in [4.78, 5) is 23.5. The molecule has 0 radical (unpaired) electrons. The Balaban J connectivity index is 2.22. The van der Waals surface area contributed by atoms with Crippen LogP contribution in [-0.2, 0) is 20.0 Å². The molecule has 0 aliphatic rings. The summed E-state index contributed by atoms with van der Waals surface area (Å²) in [5.74, 6) is -0.979. The largest absolute Gasteiger partial charge is 0.472 e. The molecule has 1 heterocycles. The van der Waals surface area contributed by atoms with Crippen LogP contribution in [0.2, 0.25) is 0 Å². The average Bonchev–Trinajstić information content (AvgIpc) is 3.06. The van der Waals surface area contributed by atoms with E-state index in [4.69, 9.17) is 10.5 Å². The minimum Gasteiger partial charge on any atom is -0.472 e. The molecule has 2 aromatic rings. The molecular formula is C17H18F2N4O3S. The lowest BCUT2D eigenvalue weighted by Crippen LogP contribution is -2.29. The average molecular weight is 396 g/mol. The van der Waals surface area contributed by atoms with Crippen molar-refractivity contribution in [1.82, 2.24) is 9.69 Å². The zero-order chi connectivity index (χ0) is 19.8. The molecule has 1 aromatic carbocycles. The summed E-state index contributed by atoms with van der Waals surface area (Å²) >= 11 is 0.800. The number of halogens is 2. The van der Waals surface area contributed by atoms with E-state index in [1.807, 2.05) is 0 Å². The van der Waals surface area contributed by atoms with Gasteiger partial charge in [-0.3, -0.25) is 10.1 Å². The SMILES string of the molecule is C=CCNC(=O)Nc1snc(OCc2c(CF)cccc2CF)c1C(N)=O. The van der Waals surface area contributed by atoms with Crippen LogP contribution in [0, 0.1) is 0 Å². The monoisotopic (exact) mass is 396 g/mol. The van der Waals surface area contributed by atoms with Crippen molar-refractivity contribution in [3.63, 3.8) is 0 Å².